The van der Waals surface area contributed by atoms with Crippen molar-refractivity contribution >= 4 is 33.8 Å². The Kier molecular flexibility index (Phi) is 16.9. The molecule has 0 aliphatic carbocycles. The minimum atomic E-state index is -0.472. The van der Waals surface area contributed by atoms with Crippen LogP contribution in [0.3, 0.4) is 0 Å². The number of anilines is 4. The monoisotopic (exact) mass is 786 g/mol. The van der Waals surface area contributed by atoms with Crippen molar-refractivity contribution in [3.05, 3.63) is 175 Å². The molecule has 6 aromatic carbocycles. The summed E-state index contributed by atoms with van der Waals surface area (Å²) < 4.78 is 71.5. The molecular weight excluding hydrogens is 744 g/mol. The molecule has 0 aliphatic rings. The van der Waals surface area contributed by atoms with E-state index in [0.29, 0.717) is 19.8 Å². The van der Waals surface area contributed by atoms with E-state index in [4.69, 9.17) is 14.2 Å². The Morgan fingerprint density at radius 2 is 0.911 bits per heavy atom. The summed E-state index contributed by atoms with van der Waals surface area (Å²) >= 11 is 0. The average molecular weight is 787 g/mol. The maximum atomic E-state index is 13.2. The van der Waals surface area contributed by atoms with Crippen LogP contribution in [-0.4, -0.2) is 30.9 Å². The van der Waals surface area contributed by atoms with Crippen molar-refractivity contribution in [3.8, 4) is 11.4 Å². The van der Waals surface area contributed by atoms with Crippen LogP contribution in [0.2, 0.25) is 0 Å². The van der Waals surface area contributed by atoms with E-state index >= 15 is 0 Å². The minimum Gasteiger partial charge on any atom is -1.00 e. The standard InChI is InChI=1S/C19H13F2N2.C18H14F2N2.C7H16O3.ClH/c20-14-5-9-16(10-6-14)22-13-23(17-11-7-15(21)8-12-17)19-4-2-1-3-18(19)22;19-13-5-9-15(10-6-13)21-17-3-1-2-4-18(17)22-16-11-7-14(20)8-12-16;1-4-8-7(9-5-2)10-6-3;/h1-13H;1-12,21-22H;7H,4-6H2,1-3H3;1H/q+1;;;/p-1. The summed E-state index contributed by atoms with van der Waals surface area (Å²) in [7, 11) is 0. The van der Waals surface area contributed by atoms with Crippen molar-refractivity contribution < 1.29 is 48.7 Å². The first kappa shape index (κ1) is 43.0. The molecule has 0 radical (unpaired) electrons. The normalized spacial score (nSPS) is 10.5. The maximum Gasteiger partial charge on any atom is 0.271 e. The third kappa shape index (κ3) is 12.4. The predicted molar refractivity (Wildman–Crippen MR) is 209 cm³/mol. The molecule has 0 fully saturated rings. The molecular formula is C44H43ClF4N4O3. The Morgan fingerprint density at radius 1 is 0.518 bits per heavy atom. The topological polar surface area (TPSA) is 60.6 Å². The van der Waals surface area contributed by atoms with Gasteiger partial charge in [0.15, 0.2) is 11.0 Å². The van der Waals surface area contributed by atoms with Crippen LogP contribution in [-0.2, 0) is 14.2 Å². The van der Waals surface area contributed by atoms with Crippen molar-refractivity contribution in [3.63, 3.8) is 0 Å². The van der Waals surface area contributed by atoms with Crippen molar-refractivity contribution in [2.75, 3.05) is 30.5 Å². The molecule has 1 aromatic heterocycles. The molecule has 1 heterocycles. The van der Waals surface area contributed by atoms with E-state index < -0.39 is 6.48 Å². The van der Waals surface area contributed by atoms with Gasteiger partial charge >= 0.3 is 0 Å². The Morgan fingerprint density at radius 3 is 1.36 bits per heavy atom. The summed E-state index contributed by atoms with van der Waals surface area (Å²) in [6, 6.07) is 40.5. The lowest BCUT2D eigenvalue weighted by molar-refractivity contribution is -0.567. The zero-order valence-corrected chi connectivity index (χ0v) is 31.9. The maximum absolute atomic E-state index is 13.2. The molecule has 7 rings (SSSR count). The Balaban J connectivity index is 0.000000199. The minimum absolute atomic E-state index is 0. The first-order valence-corrected chi connectivity index (χ1v) is 17.8. The van der Waals surface area contributed by atoms with Gasteiger partial charge in [-0.05, 0) is 142 Å². The van der Waals surface area contributed by atoms with Crippen LogP contribution in [0.25, 0.3) is 22.4 Å². The molecule has 2 N–H and O–H groups in total. The van der Waals surface area contributed by atoms with Crippen LogP contribution in [0.5, 0.6) is 0 Å². The summed E-state index contributed by atoms with van der Waals surface area (Å²) in [5, 5.41) is 6.46. The number of aromatic nitrogens is 2. The number of imidazole rings is 1. The summed E-state index contributed by atoms with van der Waals surface area (Å²) in [6.07, 6.45) is 1.92. The molecule has 0 aliphatic heterocycles. The first-order chi connectivity index (χ1) is 26.8. The van der Waals surface area contributed by atoms with E-state index in [1.165, 1.54) is 48.5 Å². The fourth-order valence-electron chi connectivity index (χ4n) is 5.36. The number of fused-ring (bicyclic) bond motifs is 1. The average Bonchev–Trinajstić information content (AvgIpc) is 3.58. The Hall–Kier alpha value is -5.72. The van der Waals surface area contributed by atoms with E-state index in [9.17, 15) is 17.6 Å². The number of nitrogens with one attached hydrogen (secondary N) is 2. The third-order valence-electron chi connectivity index (χ3n) is 7.92. The quantitative estimate of drug-likeness (QED) is 0.0747. The molecule has 7 nitrogen and oxygen atoms in total. The second-order valence-corrected chi connectivity index (χ2v) is 11.8. The van der Waals surface area contributed by atoms with Crippen LogP contribution < -0.4 is 27.6 Å². The van der Waals surface area contributed by atoms with Gasteiger partial charge in [0.1, 0.15) is 34.6 Å². The van der Waals surface area contributed by atoms with E-state index in [0.717, 1.165) is 45.2 Å². The highest BCUT2D eigenvalue weighted by Crippen LogP contribution is 2.28. The summed E-state index contributed by atoms with van der Waals surface area (Å²) in [5.41, 5.74) is 6.97. The molecule has 0 saturated carbocycles. The number of hydrogen-bond donors (Lipinski definition) is 2. The fourth-order valence-corrected chi connectivity index (χ4v) is 5.36. The SMILES string of the molecule is CCOC(OCC)OCC.Fc1ccc(-n2c[n+](-c3ccc(F)cc3)c3ccccc32)cc1.Fc1ccc(Nc2ccccc2Nc2ccc(F)cc2)cc1.[Cl-]. The lowest BCUT2D eigenvalue weighted by Gasteiger charge is -2.15. The zero-order valence-electron chi connectivity index (χ0n) is 31.1. The molecule has 292 valence electrons. The van der Waals surface area contributed by atoms with Gasteiger partial charge in [0.2, 0.25) is 0 Å². The number of benzene rings is 6. The predicted octanol–water partition coefficient (Wildman–Crippen LogP) is 8.02. The lowest BCUT2D eigenvalue weighted by Crippen LogP contribution is -3.00. The van der Waals surface area contributed by atoms with Gasteiger partial charge in [-0.3, -0.25) is 0 Å². The zero-order chi connectivity index (χ0) is 39.0. The van der Waals surface area contributed by atoms with Gasteiger partial charge in [-0.25, -0.2) is 17.6 Å². The molecule has 7 aromatic rings. The van der Waals surface area contributed by atoms with Gasteiger partial charge in [0.05, 0.1) is 11.4 Å². The molecule has 12 heteroatoms. The van der Waals surface area contributed by atoms with Crippen molar-refractivity contribution in [2.45, 2.75) is 27.2 Å². The summed E-state index contributed by atoms with van der Waals surface area (Å²) in [4.78, 5) is 0. The molecule has 0 bridgehead atoms. The van der Waals surface area contributed by atoms with Crippen LogP contribution in [0.1, 0.15) is 20.8 Å². The van der Waals surface area contributed by atoms with E-state index in [1.807, 2.05) is 84.8 Å². The molecule has 0 spiro atoms. The lowest BCUT2D eigenvalue weighted by atomic mass is 10.2. The Labute approximate surface area is 330 Å². The molecule has 0 amide bonds. The van der Waals surface area contributed by atoms with Gasteiger partial charge in [-0.15, -0.1) is 0 Å². The highest BCUT2D eigenvalue weighted by molar-refractivity contribution is 5.78. The van der Waals surface area contributed by atoms with Crippen molar-refractivity contribution in [1.29, 1.82) is 0 Å². The molecule has 56 heavy (non-hydrogen) atoms. The number of rotatable bonds is 12. The Bertz CT molecular complexity index is 2040. The molecule has 0 saturated heterocycles. The number of hydrogen-bond acceptors (Lipinski definition) is 5. The van der Waals surface area contributed by atoms with Crippen molar-refractivity contribution in [1.82, 2.24) is 4.57 Å². The van der Waals surface area contributed by atoms with Crippen LogP contribution >= 0.6 is 0 Å². The second-order valence-electron chi connectivity index (χ2n) is 11.8. The fraction of sp³-hybridized carbons (Fsp3) is 0.159. The van der Waals surface area contributed by atoms with Gasteiger partial charge < -0.3 is 37.3 Å². The van der Waals surface area contributed by atoms with E-state index in [1.54, 1.807) is 48.5 Å². The molecule has 0 atom stereocenters. The second kappa shape index (κ2) is 22.0. The van der Waals surface area contributed by atoms with Gasteiger partial charge in [0, 0.05) is 31.2 Å². The molecule has 0 unspecified atom stereocenters. The van der Waals surface area contributed by atoms with Crippen LogP contribution in [0, 0.1) is 23.3 Å². The number of nitrogens with zero attached hydrogens (tertiary/aromatic N) is 2. The number of ether oxygens (including phenoxy) is 3. The van der Waals surface area contributed by atoms with Crippen LogP contribution in [0.15, 0.2) is 152 Å². The number of para-hydroxylation sites is 4. The van der Waals surface area contributed by atoms with Gasteiger partial charge in [0.25, 0.3) is 12.8 Å². The van der Waals surface area contributed by atoms with E-state index in [2.05, 4.69) is 10.6 Å². The number of halogens is 5. The van der Waals surface area contributed by atoms with Crippen LogP contribution in [0.4, 0.5) is 40.3 Å². The highest BCUT2D eigenvalue weighted by atomic mass is 35.5. The largest absolute Gasteiger partial charge is 1.00 e. The summed E-state index contributed by atoms with van der Waals surface area (Å²) in [6.45, 7) is 7.10. The highest BCUT2D eigenvalue weighted by Gasteiger charge is 2.18. The smallest absolute Gasteiger partial charge is 0.271 e. The first-order valence-electron chi connectivity index (χ1n) is 17.8. The van der Waals surface area contributed by atoms with Gasteiger partial charge in [-0.1, -0.05) is 24.3 Å². The van der Waals surface area contributed by atoms with Crippen molar-refractivity contribution in [2.24, 2.45) is 0 Å². The van der Waals surface area contributed by atoms with E-state index in [-0.39, 0.29) is 35.7 Å². The third-order valence-corrected chi connectivity index (χ3v) is 7.92. The summed E-state index contributed by atoms with van der Waals surface area (Å²) in [5.74, 6) is -1.08. The van der Waals surface area contributed by atoms with Gasteiger partial charge in [-0.2, -0.15) is 9.13 Å².